The summed E-state index contributed by atoms with van der Waals surface area (Å²) in [5, 5.41) is 8.70. The molecule has 7 nitrogen and oxygen atoms in total. The van der Waals surface area contributed by atoms with Crippen LogP contribution in [0.25, 0.3) is 0 Å². The van der Waals surface area contributed by atoms with Gasteiger partial charge in [0.2, 0.25) is 0 Å². The molecule has 2 rings (SSSR count). The summed E-state index contributed by atoms with van der Waals surface area (Å²) in [6.07, 6.45) is 0.379. The maximum Gasteiger partial charge on any atom is 0.320 e. The van der Waals surface area contributed by atoms with Crippen molar-refractivity contribution in [2.24, 2.45) is 0 Å². The number of piperazine rings is 1. The van der Waals surface area contributed by atoms with E-state index in [1.54, 1.807) is 0 Å². The molecule has 29 heavy (non-hydrogen) atoms. The third-order valence-corrected chi connectivity index (χ3v) is 4.47. The Kier molecular flexibility index (Phi) is 10.5. The maximum absolute atomic E-state index is 12.2. The van der Waals surface area contributed by atoms with Crippen LogP contribution in [-0.4, -0.2) is 66.8 Å². The van der Waals surface area contributed by atoms with Crippen LogP contribution in [0.1, 0.15) is 32.8 Å². The van der Waals surface area contributed by atoms with Gasteiger partial charge in [-0.3, -0.25) is 14.6 Å². The third-order valence-electron chi connectivity index (χ3n) is 4.47. The number of nitriles is 1. The summed E-state index contributed by atoms with van der Waals surface area (Å²) in [6, 6.07) is 10.1. The minimum Gasteiger partial charge on any atom is -0.459 e. The molecule has 1 heterocycles. The SMILES string of the molecule is CC(C)(C)OC(=O)CN1CCN(Cc2cccc(N)c2)C(COCCC#N)C1.S. The Balaban J connectivity index is 0.00000420. The molecule has 1 aliphatic heterocycles. The van der Waals surface area contributed by atoms with Gasteiger partial charge in [0.05, 0.1) is 32.2 Å². The molecule has 8 heteroatoms. The number of rotatable bonds is 8. The first kappa shape index (κ1) is 25.2. The van der Waals surface area contributed by atoms with Crippen LogP contribution in [0.4, 0.5) is 5.69 Å². The number of nitrogens with two attached hydrogens (primary N) is 1. The summed E-state index contributed by atoms with van der Waals surface area (Å²) in [5.74, 6) is -0.207. The lowest BCUT2D eigenvalue weighted by molar-refractivity contribution is -0.157. The van der Waals surface area contributed by atoms with Crippen LogP contribution in [0.2, 0.25) is 0 Å². The highest BCUT2D eigenvalue weighted by Crippen LogP contribution is 2.17. The van der Waals surface area contributed by atoms with Crippen LogP contribution < -0.4 is 5.73 Å². The van der Waals surface area contributed by atoms with Crippen molar-refractivity contribution < 1.29 is 14.3 Å². The van der Waals surface area contributed by atoms with Crippen molar-refractivity contribution in [1.29, 1.82) is 5.26 Å². The fourth-order valence-corrected chi connectivity index (χ4v) is 3.29. The van der Waals surface area contributed by atoms with Gasteiger partial charge in [0, 0.05) is 37.9 Å². The number of esters is 1. The van der Waals surface area contributed by atoms with E-state index >= 15 is 0 Å². The van der Waals surface area contributed by atoms with Crippen LogP contribution in [-0.2, 0) is 20.8 Å². The lowest BCUT2D eigenvalue weighted by atomic mass is 10.1. The van der Waals surface area contributed by atoms with E-state index < -0.39 is 5.60 Å². The van der Waals surface area contributed by atoms with Gasteiger partial charge in [-0.05, 0) is 38.5 Å². The zero-order valence-corrected chi connectivity index (χ0v) is 18.7. The summed E-state index contributed by atoms with van der Waals surface area (Å²) in [6.45, 7) is 9.95. The molecule has 1 aliphatic rings. The van der Waals surface area contributed by atoms with E-state index in [9.17, 15) is 4.79 Å². The van der Waals surface area contributed by atoms with Crippen LogP contribution in [0.15, 0.2) is 24.3 Å². The summed E-state index contributed by atoms with van der Waals surface area (Å²) in [5.41, 5.74) is 7.33. The zero-order chi connectivity index (χ0) is 20.6. The van der Waals surface area contributed by atoms with Gasteiger partial charge in [0.25, 0.3) is 0 Å². The molecule has 162 valence electrons. The number of anilines is 1. The predicted molar refractivity (Wildman–Crippen MR) is 119 cm³/mol. The molecule has 1 aromatic carbocycles. The minimum atomic E-state index is -0.480. The third kappa shape index (κ3) is 9.50. The average Bonchev–Trinajstić information content (AvgIpc) is 2.59. The van der Waals surface area contributed by atoms with E-state index in [0.717, 1.165) is 30.9 Å². The van der Waals surface area contributed by atoms with Gasteiger partial charge in [-0.2, -0.15) is 18.8 Å². The highest BCUT2D eigenvalue weighted by molar-refractivity contribution is 7.59. The zero-order valence-electron chi connectivity index (χ0n) is 17.7. The highest BCUT2D eigenvalue weighted by Gasteiger charge is 2.29. The standard InChI is InChI=1S/C21H32N4O3.H2S/c1-21(2,3)28-20(26)15-24-9-10-25(13-17-6-4-7-18(23)12-17)19(14-24)16-27-11-5-8-22;/h4,6-7,12,19H,5,9-11,13-16,23H2,1-3H3;1H2. The van der Waals surface area contributed by atoms with Crippen molar-refractivity contribution in [2.75, 3.05) is 45.1 Å². The molecule has 1 fully saturated rings. The second kappa shape index (κ2) is 12.0. The van der Waals surface area contributed by atoms with Gasteiger partial charge >= 0.3 is 5.97 Å². The van der Waals surface area contributed by atoms with E-state index in [0.29, 0.717) is 26.2 Å². The highest BCUT2D eigenvalue weighted by atomic mass is 32.1. The second-order valence-corrected chi connectivity index (χ2v) is 8.17. The molecule has 1 saturated heterocycles. The molecule has 0 radical (unpaired) electrons. The molecule has 0 aromatic heterocycles. The first-order chi connectivity index (χ1) is 13.3. The fraction of sp³-hybridized carbons (Fsp3) is 0.619. The molecule has 1 aromatic rings. The van der Waals surface area contributed by atoms with Crippen molar-refractivity contribution >= 4 is 25.2 Å². The Labute approximate surface area is 181 Å². The van der Waals surface area contributed by atoms with Gasteiger partial charge in [-0.15, -0.1) is 0 Å². The minimum absolute atomic E-state index is 0. The van der Waals surface area contributed by atoms with Crippen LogP contribution in [0.3, 0.4) is 0 Å². The number of carbonyl (C=O) groups excluding carboxylic acids is 1. The Morgan fingerprint density at radius 2 is 2.10 bits per heavy atom. The largest absolute Gasteiger partial charge is 0.459 e. The van der Waals surface area contributed by atoms with Gasteiger partial charge in [0.1, 0.15) is 5.60 Å². The molecule has 0 bridgehead atoms. The van der Waals surface area contributed by atoms with E-state index in [1.807, 2.05) is 39.0 Å². The normalized spacial score (nSPS) is 17.9. The topological polar surface area (TPSA) is 91.8 Å². The van der Waals surface area contributed by atoms with Crippen molar-refractivity contribution in [3.63, 3.8) is 0 Å². The van der Waals surface area contributed by atoms with Gasteiger partial charge in [0.15, 0.2) is 0 Å². The van der Waals surface area contributed by atoms with E-state index in [2.05, 4.69) is 21.9 Å². The van der Waals surface area contributed by atoms with Crippen LogP contribution in [0.5, 0.6) is 0 Å². The smallest absolute Gasteiger partial charge is 0.320 e. The number of hydrogen-bond donors (Lipinski definition) is 1. The molecular weight excluding hydrogens is 388 g/mol. The van der Waals surface area contributed by atoms with Gasteiger partial charge in [-0.25, -0.2) is 0 Å². The number of hydrogen-bond acceptors (Lipinski definition) is 7. The van der Waals surface area contributed by atoms with Gasteiger partial charge < -0.3 is 15.2 Å². The molecule has 0 amide bonds. The predicted octanol–water partition coefficient (Wildman–Crippen LogP) is 2.14. The first-order valence-corrected chi connectivity index (χ1v) is 9.74. The number of ether oxygens (including phenoxy) is 2. The monoisotopic (exact) mass is 422 g/mol. The molecule has 0 spiro atoms. The summed E-state index contributed by atoms with van der Waals surface area (Å²) >= 11 is 0. The number of carbonyl (C=O) groups is 1. The summed E-state index contributed by atoms with van der Waals surface area (Å²) < 4.78 is 11.2. The summed E-state index contributed by atoms with van der Waals surface area (Å²) in [7, 11) is 0. The van der Waals surface area contributed by atoms with Crippen LogP contribution in [0, 0.1) is 11.3 Å². The fourth-order valence-electron chi connectivity index (χ4n) is 3.29. The van der Waals surface area contributed by atoms with Crippen LogP contribution >= 0.6 is 13.5 Å². The average molecular weight is 423 g/mol. The molecule has 2 N–H and O–H groups in total. The van der Waals surface area contributed by atoms with Crippen molar-refractivity contribution in [2.45, 2.75) is 45.4 Å². The molecule has 0 saturated carbocycles. The molecule has 0 aliphatic carbocycles. The van der Waals surface area contributed by atoms with Crippen molar-refractivity contribution in [3.8, 4) is 6.07 Å². The van der Waals surface area contributed by atoms with E-state index in [4.69, 9.17) is 20.5 Å². The lowest BCUT2D eigenvalue weighted by Gasteiger charge is -2.41. The number of nitrogen functional groups attached to an aromatic ring is 1. The Bertz CT molecular complexity index is 687. The Morgan fingerprint density at radius 3 is 2.76 bits per heavy atom. The second-order valence-electron chi connectivity index (χ2n) is 8.17. The number of benzene rings is 1. The van der Waals surface area contributed by atoms with Crippen molar-refractivity contribution in [3.05, 3.63) is 29.8 Å². The molecular formula is C21H34N4O3S. The summed E-state index contributed by atoms with van der Waals surface area (Å²) in [4.78, 5) is 16.7. The Hall–Kier alpha value is -1.79. The van der Waals surface area contributed by atoms with Gasteiger partial charge in [-0.1, -0.05) is 12.1 Å². The van der Waals surface area contributed by atoms with E-state index in [1.165, 1.54) is 0 Å². The Morgan fingerprint density at radius 1 is 1.34 bits per heavy atom. The maximum atomic E-state index is 12.2. The van der Waals surface area contributed by atoms with Crippen molar-refractivity contribution in [1.82, 2.24) is 9.80 Å². The number of nitrogens with zero attached hydrogens (tertiary/aromatic N) is 3. The molecule has 1 atom stereocenters. The molecule has 1 unspecified atom stereocenters. The quantitative estimate of drug-likeness (QED) is 0.390. The first-order valence-electron chi connectivity index (χ1n) is 9.74. The lowest BCUT2D eigenvalue weighted by Crippen LogP contribution is -2.55. The van der Waals surface area contributed by atoms with E-state index in [-0.39, 0.29) is 32.1 Å².